The second-order valence-electron chi connectivity index (χ2n) is 6.21. The van der Waals surface area contributed by atoms with Crippen LogP contribution in [0.4, 0.5) is 0 Å². The van der Waals surface area contributed by atoms with Gasteiger partial charge in [0.15, 0.2) is 0 Å². The van der Waals surface area contributed by atoms with E-state index in [-0.39, 0.29) is 11.1 Å². The number of rotatable bonds is 5. The van der Waals surface area contributed by atoms with E-state index in [4.69, 9.17) is 10.1 Å². The van der Waals surface area contributed by atoms with Gasteiger partial charge in [-0.05, 0) is 47.0 Å². The van der Waals surface area contributed by atoms with Gasteiger partial charge < -0.3 is 10.1 Å². The molecule has 0 aromatic carbocycles. The van der Waals surface area contributed by atoms with E-state index in [2.05, 4.69) is 33.0 Å². The van der Waals surface area contributed by atoms with E-state index in [1.165, 1.54) is 0 Å². The molecular formula is C13H27N2O. The van der Waals surface area contributed by atoms with E-state index in [0.29, 0.717) is 6.04 Å². The summed E-state index contributed by atoms with van der Waals surface area (Å²) in [6.07, 6.45) is 3.33. The van der Waals surface area contributed by atoms with Gasteiger partial charge >= 0.3 is 0 Å². The Bertz CT molecular complexity index is 198. The molecule has 0 saturated carbocycles. The lowest BCUT2D eigenvalue weighted by Gasteiger charge is -2.46. The summed E-state index contributed by atoms with van der Waals surface area (Å²) in [7, 11) is 1.75. The zero-order chi connectivity index (χ0) is 12.2. The molecule has 1 saturated heterocycles. The summed E-state index contributed by atoms with van der Waals surface area (Å²) >= 11 is 0. The molecule has 0 unspecified atom stereocenters. The van der Waals surface area contributed by atoms with Crippen molar-refractivity contribution in [1.29, 1.82) is 0 Å². The lowest BCUT2D eigenvalue weighted by molar-refractivity contribution is 0.140. The zero-order valence-corrected chi connectivity index (χ0v) is 11.5. The molecule has 1 rings (SSSR count). The minimum absolute atomic E-state index is 0.206. The van der Waals surface area contributed by atoms with Gasteiger partial charge in [-0.15, -0.1) is 0 Å². The van der Waals surface area contributed by atoms with E-state index in [9.17, 15) is 0 Å². The second-order valence-corrected chi connectivity index (χ2v) is 6.21. The summed E-state index contributed by atoms with van der Waals surface area (Å²) in [5.74, 6) is 0. The van der Waals surface area contributed by atoms with Crippen molar-refractivity contribution in [2.45, 2.75) is 64.1 Å². The Hall–Kier alpha value is -0.120. The largest absolute Gasteiger partial charge is 0.385 e. The van der Waals surface area contributed by atoms with E-state index in [0.717, 1.165) is 32.4 Å². The second kappa shape index (κ2) is 5.48. The van der Waals surface area contributed by atoms with Gasteiger partial charge in [0.1, 0.15) is 0 Å². The molecule has 1 radical (unpaired) electrons. The maximum Gasteiger partial charge on any atom is 0.0475 e. The van der Waals surface area contributed by atoms with Crippen molar-refractivity contribution < 1.29 is 4.74 Å². The third-order valence-corrected chi connectivity index (χ3v) is 3.06. The summed E-state index contributed by atoms with van der Waals surface area (Å²) in [5.41, 5.74) is 0.411. The monoisotopic (exact) mass is 227 g/mol. The predicted octanol–water partition coefficient (Wildman–Crippen LogP) is 1.94. The first-order valence-electron chi connectivity index (χ1n) is 6.29. The van der Waals surface area contributed by atoms with Crippen LogP contribution in [0, 0.1) is 0 Å². The fourth-order valence-corrected chi connectivity index (χ4v) is 2.88. The van der Waals surface area contributed by atoms with Crippen molar-refractivity contribution in [2.24, 2.45) is 0 Å². The van der Waals surface area contributed by atoms with Crippen LogP contribution in [0.2, 0.25) is 0 Å². The smallest absolute Gasteiger partial charge is 0.0475 e. The SMILES string of the molecule is COCCC[N]C1CC(C)(C)NC(C)(C)C1. The van der Waals surface area contributed by atoms with Crippen LogP contribution < -0.4 is 10.6 Å². The van der Waals surface area contributed by atoms with Crippen LogP contribution in [0.5, 0.6) is 0 Å². The molecule has 0 aromatic rings. The Labute approximate surface area is 100 Å². The molecule has 0 amide bonds. The molecule has 0 aliphatic carbocycles. The molecule has 0 bridgehead atoms. The number of nitrogens with one attached hydrogen (secondary N) is 1. The maximum atomic E-state index is 5.04. The lowest BCUT2D eigenvalue weighted by Crippen LogP contribution is -2.60. The van der Waals surface area contributed by atoms with Crippen LogP contribution in [-0.2, 0) is 4.74 Å². The Morgan fingerprint density at radius 2 is 1.75 bits per heavy atom. The van der Waals surface area contributed by atoms with Gasteiger partial charge in [-0.25, -0.2) is 5.32 Å². The number of methoxy groups -OCH3 is 1. The minimum atomic E-state index is 0.206. The molecule has 95 valence electrons. The fourth-order valence-electron chi connectivity index (χ4n) is 2.88. The molecular weight excluding hydrogens is 200 g/mol. The topological polar surface area (TPSA) is 35.4 Å². The number of ether oxygens (including phenoxy) is 1. The van der Waals surface area contributed by atoms with Crippen LogP contribution in [0.15, 0.2) is 0 Å². The maximum absolute atomic E-state index is 5.04. The molecule has 1 aliphatic rings. The molecule has 0 atom stereocenters. The highest BCUT2D eigenvalue weighted by molar-refractivity contribution is 4.99. The summed E-state index contributed by atoms with van der Waals surface area (Å²) in [6, 6.07) is 0.503. The quantitative estimate of drug-likeness (QED) is 0.729. The molecule has 3 heteroatoms. The van der Waals surface area contributed by atoms with Gasteiger partial charge in [0.25, 0.3) is 0 Å². The molecule has 1 aliphatic heterocycles. The average Bonchev–Trinajstić information content (AvgIpc) is 2.07. The summed E-state index contributed by atoms with van der Waals surface area (Å²) < 4.78 is 5.04. The highest BCUT2D eigenvalue weighted by Gasteiger charge is 2.37. The van der Waals surface area contributed by atoms with Crippen molar-refractivity contribution in [1.82, 2.24) is 10.6 Å². The number of hydrogen-bond donors (Lipinski definition) is 1. The van der Waals surface area contributed by atoms with Gasteiger partial charge in [0, 0.05) is 37.4 Å². The minimum Gasteiger partial charge on any atom is -0.385 e. The molecule has 0 aromatic heterocycles. The van der Waals surface area contributed by atoms with Crippen molar-refractivity contribution in [3.05, 3.63) is 0 Å². The van der Waals surface area contributed by atoms with Crippen molar-refractivity contribution in [2.75, 3.05) is 20.3 Å². The van der Waals surface area contributed by atoms with Crippen LogP contribution in [0.3, 0.4) is 0 Å². The van der Waals surface area contributed by atoms with Crippen LogP contribution in [0.25, 0.3) is 0 Å². The molecule has 1 heterocycles. The van der Waals surface area contributed by atoms with Gasteiger partial charge in [0.05, 0.1) is 0 Å². The first kappa shape index (κ1) is 13.9. The first-order valence-corrected chi connectivity index (χ1v) is 6.29. The fraction of sp³-hybridized carbons (Fsp3) is 1.00. The highest BCUT2D eigenvalue weighted by atomic mass is 16.5. The van der Waals surface area contributed by atoms with Crippen LogP contribution >= 0.6 is 0 Å². The van der Waals surface area contributed by atoms with Crippen molar-refractivity contribution >= 4 is 0 Å². The van der Waals surface area contributed by atoms with Gasteiger partial charge in [-0.1, -0.05) is 0 Å². The predicted molar refractivity (Wildman–Crippen MR) is 67.8 cm³/mol. The number of nitrogens with zero attached hydrogens (tertiary/aromatic N) is 1. The molecule has 1 N–H and O–H groups in total. The normalized spacial score (nSPS) is 24.6. The van der Waals surface area contributed by atoms with Gasteiger partial charge in [-0.3, -0.25) is 0 Å². The highest BCUT2D eigenvalue weighted by Crippen LogP contribution is 2.28. The standard InChI is InChI=1S/C13H27N2O/c1-12(2)9-11(10-13(3,4)15-12)14-7-6-8-16-5/h11,15H,6-10H2,1-5H3. The zero-order valence-electron chi connectivity index (χ0n) is 11.5. The van der Waals surface area contributed by atoms with Gasteiger partial charge in [-0.2, -0.15) is 0 Å². The van der Waals surface area contributed by atoms with E-state index >= 15 is 0 Å². The number of piperidine rings is 1. The summed E-state index contributed by atoms with van der Waals surface area (Å²) in [5, 5.41) is 8.47. The molecule has 3 nitrogen and oxygen atoms in total. The lowest BCUT2D eigenvalue weighted by atomic mass is 9.79. The van der Waals surface area contributed by atoms with Crippen molar-refractivity contribution in [3.63, 3.8) is 0 Å². The first-order chi connectivity index (χ1) is 7.35. The van der Waals surface area contributed by atoms with E-state index in [1.54, 1.807) is 7.11 Å². The van der Waals surface area contributed by atoms with E-state index < -0.39 is 0 Å². The Morgan fingerprint density at radius 3 is 2.25 bits per heavy atom. The molecule has 16 heavy (non-hydrogen) atoms. The van der Waals surface area contributed by atoms with E-state index in [1.807, 2.05) is 0 Å². The third kappa shape index (κ3) is 4.81. The van der Waals surface area contributed by atoms with Crippen LogP contribution in [0.1, 0.15) is 47.0 Å². The average molecular weight is 227 g/mol. The molecule has 1 fully saturated rings. The Kier molecular flexibility index (Phi) is 4.77. The Morgan fingerprint density at radius 1 is 1.19 bits per heavy atom. The summed E-state index contributed by atoms with van der Waals surface area (Å²) in [4.78, 5) is 0. The Balaban J connectivity index is 2.36. The number of hydrogen-bond acceptors (Lipinski definition) is 2. The third-order valence-electron chi connectivity index (χ3n) is 3.06. The molecule has 0 spiro atoms. The summed E-state index contributed by atoms with van der Waals surface area (Å²) in [6.45, 7) is 10.8. The van der Waals surface area contributed by atoms with Crippen molar-refractivity contribution in [3.8, 4) is 0 Å². The van der Waals surface area contributed by atoms with Gasteiger partial charge in [0.2, 0.25) is 0 Å². The van der Waals surface area contributed by atoms with Crippen LogP contribution in [-0.4, -0.2) is 37.4 Å².